The first-order valence-electron chi connectivity index (χ1n) is 6.89. The van der Waals surface area contributed by atoms with Gasteiger partial charge in [-0.15, -0.1) is 11.3 Å². The molecule has 1 aromatic heterocycles. The average molecular weight is 345 g/mol. The monoisotopic (exact) mass is 344 g/mol. The van der Waals surface area contributed by atoms with Gasteiger partial charge in [0.25, 0.3) is 0 Å². The van der Waals surface area contributed by atoms with Crippen LogP contribution in [0.1, 0.15) is 21.1 Å². The van der Waals surface area contributed by atoms with Crippen LogP contribution in [-0.4, -0.2) is 24.1 Å². The number of thiazole rings is 1. The Bertz CT molecular complexity index is 772. The highest BCUT2D eigenvalue weighted by molar-refractivity contribution is 7.15. The molecule has 2 rings (SSSR count). The number of nitrogens with zero attached hydrogens (tertiary/aromatic N) is 2. The Kier molecular flexibility index (Phi) is 5.84. The van der Waals surface area contributed by atoms with Gasteiger partial charge in [-0.3, -0.25) is 10.4 Å². The van der Waals surface area contributed by atoms with E-state index in [0.717, 1.165) is 21.8 Å². The zero-order valence-corrected chi connectivity index (χ0v) is 14.3. The molecule has 0 amide bonds. The lowest BCUT2D eigenvalue weighted by molar-refractivity contribution is 1.09. The second-order valence-electron chi connectivity index (χ2n) is 4.75. The molecule has 0 bridgehead atoms. The first-order chi connectivity index (χ1) is 11.0. The molecule has 1 heterocycles. The van der Waals surface area contributed by atoms with E-state index in [1.165, 1.54) is 11.3 Å². The van der Waals surface area contributed by atoms with Gasteiger partial charge in [0.2, 0.25) is 0 Å². The molecule has 4 nitrogen and oxygen atoms in total. The van der Waals surface area contributed by atoms with Gasteiger partial charge in [0.05, 0.1) is 10.6 Å². The highest BCUT2D eigenvalue weighted by Gasteiger charge is 2.15. The number of aromatic nitrogens is 1. The molecule has 6 heteroatoms. The zero-order chi connectivity index (χ0) is 16.8. The predicted octanol–water partition coefficient (Wildman–Crippen LogP) is 3.94. The van der Waals surface area contributed by atoms with Gasteiger partial charge < -0.3 is 5.73 Å². The summed E-state index contributed by atoms with van der Waals surface area (Å²) < 4.78 is 0. The SMILES string of the molecule is C=C/C(=C\C=NC)c1nc(Cc2ccc(Cl)cc2)c(C(=N)N)s1. The third kappa shape index (κ3) is 4.37. The molecule has 0 atom stereocenters. The van der Waals surface area contributed by atoms with Gasteiger partial charge in [0.15, 0.2) is 0 Å². The van der Waals surface area contributed by atoms with E-state index < -0.39 is 0 Å². The number of allylic oxidation sites excluding steroid dienone is 3. The van der Waals surface area contributed by atoms with Crippen LogP contribution in [0.3, 0.4) is 0 Å². The number of nitrogen functional groups attached to an aromatic ring is 1. The molecular weight excluding hydrogens is 328 g/mol. The van der Waals surface area contributed by atoms with Crippen LogP contribution < -0.4 is 5.73 Å². The van der Waals surface area contributed by atoms with E-state index >= 15 is 0 Å². The fourth-order valence-electron chi connectivity index (χ4n) is 1.98. The third-order valence-corrected chi connectivity index (χ3v) is 4.53. The molecule has 2 aromatic rings. The van der Waals surface area contributed by atoms with Crippen LogP contribution in [0.25, 0.3) is 5.57 Å². The summed E-state index contributed by atoms with van der Waals surface area (Å²) in [6.45, 7) is 3.80. The second kappa shape index (κ2) is 7.85. The maximum Gasteiger partial charge on any atom is 0.135 e. The zero-order valence-electron chi connectivity index (χ0n) is 12.7. The van der Waals surface area contributed by atoms with Gasteiger partial charge in [0.1, 0.15) is 10.8 Å². The number of halogens is 1. The lowest BCUT2D eigenvalue weighted by atomic mass is 10.1. The lowest BCUT2D eigenvalue weighted by Gasteiger charge is -2.01. The number of benzene rings is 1. The summed E-state index contributed by atoms with van der Waals surface area (Å²) in [4.78, 5) is 9.25. The first-order valence-corrected chi connectivity index (χ1v) is 8.08. The molecule has 0 radical (unpaired) electrons. The topological polar surface area (TPSA) is 75.1 Å². The molecule has 3 N–H and O–H groups in total. The molecule has 0 unspecified atom stereocenters. The third-order valence-electron chi connectivity index (χ3n) is 3.10. The number of hydrogen-bond acceptors (Lipinski definition) is 4. The fourth-order valence-corrected chi connectivity index (χ4v) is 3.07. The quantitative estimate of drug-likeness (QED) is 0.473. The molecule has 0 saturated heterocycles. The van der Waals surface area contributed by atoms with Crippen LogP contribution in [0.15, 0.2) is 48.0 Å². The molecule has 0 aliphatic rings. The van der Waals surface area contributed by atoms with Gasteiger partial charge in [0, 0.05) is 30.3 Å². The minimum Gasteiger partial charge on any atom is -0.383 e. The van der Waals surface area contributed by atoms with Crippen molar-refractivity contribution in [1.82, 2.24) is 4.98 Å². The van der Waals surface area contributed by atoms with Crippen molar-refractivity contribution in [2.75, 3.05) is 7.05 Å². The maximum atomic E-state index is 7.78. The fraction of sp³-hybridized carbons (Fsp3) is 0.118. The van der Waals surface area contributed by atoms with Crippen molar-refractivity contribution in [3.8, 4) is 0 Å². The summed E-state index contributed by atoms with van der Waals surface area (Å²) in [6.07, 6.45) is 5.83. The van der Waals surface area contributed by atoms with E-state index in [-0.39, 0.29) is 5.84 Å². The van der Waals surface area contributed by atoms with E-state index in [4.69, 9.17) is 22.7 Å². The minimum absolute atomic E-state index is 0.0188. The summed E-state index contributed by atoms with van der Waals surface area (Å²) in [6, 6.07) is 7.56. The van der Waals surface area contributed by atoms with Crippen molar-refractivity contribution in [1.29, 1.82) is 5.41 Å². The van der Waals surface area contributed by atoms with Crippen LogP contribution >= 0.6 is 22.9 Å². The molecule has 1 aromatic carbocycles. The highest BCUT2D eigenvalue weighted by atomic mass is 35.5. The Morgan fingerprint density at radius 1 is 1.43 bits per heavy atom. The normalized spacial score (nSPS) is 11.8. The van der Waals surface area contributed by atoms with Gasteiger partial charge in [-0.2, -0.15) is 0 Å². The second-order valence-corrected chi connectivity index (χ2v) is 6.18. The molecule has 0 aliphatic carbocycles. The van der Waals surface area contributed by atoms with Crippen LogP contribution in [-0.2, 0) is 6.42 Å². The number of amidine groups is 1. The van der Waals surface area contributed by atoms with Gasteiger partial charge >= 0.3 is 0 Å². The average Bonchev–Trinajstić information content (AvgIpc) is 2.94. The molecule has 23 heavy (non-hydrogen) atoms. The Hall–Kier alpha value is -2.24. The number of rotatable bonds is 6. The summed E-state index contributed by atoms with van der Waals surface area (Å²) in [5.74, 6) is 0.0188. The first kappa shape index (κ1) is 17.1. The smallest absolute Gasteiger partial charge is 0.135 e. The summed E-state index contributed by atoms with van der Waals surface area (Å²) in [7, 11) is 1.70. The van der Waals surface area contributed by atoms with Crippen molar-refractivity contribution >= 4 is 40.6 Å². The van der Waals surface area contributed by atoms with Gasteiger partial charge in [-0.1, -0.05) is 36.4 Å². The van der Waals surface area contributed by atoms with Crippen LogP contribution in [0, 0.1) is 5.41 Å². The lowest BCUT2D eigenvalue weighted by Crippen LogP contribution is -2.11. The van der Waals surface area contributed by atoms with Crippen molar-refractivity contribution < 1.29 is 0 Å². The predicted molar refractivity (Wildman–Crippen MR) is 100.0 cm³/mol. The van der Waals surface area contributed by atoms with Crippen molar-refractivity contribution in [2.45, 2.75) is 6.42 Å². The molecule has 0 aliphatic heterocycles. The molecule has 118 valence electrons. The Morgan fingerprint density at radius 3 is 2.70 bits per heavy atom. The van der Waals surface area contributed by atoms with E-state index in [1.807, 2.05) is 30.3 Å². The van der Waals surface area contributed by atoms with Crippen LogP contribution in [0.5, 0.6) is 0 Å². The van der Waals surface area contributed by atoms with E-state index in [2.05, 4.69) is 16.6 Å². The van der Waals surface area contributed by atoms with Crippen LogP contribution in [0.2, 0.25) is 5.02 Å². The van der Waals surface area contributed by atoms with E-state index in [0.29, 0.717) is 16.3 Å². The largest absolute Gasteiger partial charge is 0.383 e. The summed E-state index contributed by atoms with van der Waals surface area (Å²) >= 11 is 7.30. The van der Waals surface area contributed by atoms with E-state index in [1.54, 1.807) is 19.3 Å². The molecule has 0 fully saturated rings. The van der Waals surface area contributed by atoms with Crippen molar-refractivity contribution in [3.05, 3.63) is 69.2 Å². The van der Waals surface area contributed by atoms with Crippen molar-refractivity contribution in [3.63, 3.8) is 0 Å². The molecular formula is C17H17ClN4S. The maximum absolute atomic E-state index is 7.78. The van der Waals surface area contributed by atoms with Gasteiger partial charge in [-0.25, -0.2) is 4.98 Å². The molecule has 0 spiro atoms. The number of nitrogens with one attached hydrogen (secondary N) is 1. The van der Waals surface area contributed by atoms with Crippen LogP contribution in [0.4, 0.5) is 0 Å². The highest BCUT2D eigenvalue weighted by Crippen LogP contribution is 2.27. The van der Waals surface area contributed by atoms with Crippen molar-refractivity contribution in [2.24, 2.45) is 10.7 Å². The summed E-state index contributed by atoms with van der Waals surface area (Å²) in [5, 5.41) is 9.24. The molecule has 0 saturated carbocycles. The number of aliphatic imine (C=N–C) groups is 1. The number of hydrogen-bond donors (Lipinski definition) is 2. The minimum atomic E-state index is 0.0188. The summed E-state index contributed by atoms with van der Waals surface area (Å²) in [5.41, 5.74) is 8.40. The number of nitrogens with two attached hydrogens (primary N) is 1. The Morgan fingerprint density at radius 2 is 2.13 bits per heavy atom. The van der Waals surface area contributed by atoms with Gasteiger partial charge in [-0.05, 0) is 23.8 Å². The van der Waals surface area contributed by atoms with E-state index in [9.17, 15) is 0 Å². The Balaban J connectivity index is 2.40. The standard InChI is InChI=1S/C17H17ClN4S/c1-3-12(8-9-21-2)17-22-14(15(23-17)16(19)20)10-11-4-6-13(18)7-5-11/h3-9H,1,10H2,2H3,(H3,19,20)/b12-8+,21-9?. The Labute approximate surface area is 144 Å².